The molecule has 1 aliphatic heterocycles. The van der Waals surface area contributed by atoms with Crippen molar-refractivity contribution >= 4 is 5.82 Å². The van der Waals surface area contributed by atoms with Crippen molar-refractivity contribution in [2.75, 3.05) is 18.0 Å². The molecule has 0 N–H and O–H groups in total. The van der Waals surface area contributed by atoms with E-state index in [0.717, 1.165) is 40.3 Å². The van der Waals surface area contributed by atoms with Crippen LogP contribution in [0.1, 0.15) is 19.4 Å². The molecular formula is C26H25F2N5O3. The van der Waals surface area contributed by atoms with Gasteiger partial charge in [-0.3, -0.25) is 4.57 Å². The maximum Gasteiger partial charge on any atom is 0.350 e. The highest BCUT2D eigenvalue weighted by molar-refractivity contribution is 5.45. The molecule has 2 aromatic carbocycles. The highest BCUT2D eigenvalue weighted by Gasteiger charge is 2.29. The summed E-state index contributed by atoms with van der Waals surface area (Å²) in [4.78, 5) is 19.4. The summed E-state index contributed by atoms with van der Waals surface area (Å²) >= 11 is 0. The van der Waals surface area contributed by atoms with Gasteiger partial charge in [0.25, 0.3) is 0 Å². The Balaban J connectivity index is 1.26. The molecule has 8 nitrogen and oxygen atoms in total. The molecular weight excluding hydrogens is 468 g/mol. The maximum absolute atomic E-state index is 14.0. The first-order valence-electron chi connectivity index (χ1n) is 11.6. The number of halogens is 2. The van der Waals surface area contributed by atoms with Crippen LogP contribution in [0.15, 0.2) is 71.8 Å². The minimum Gasteiger partial charge on any atom is -0.439 e. The molecule has 186 valence electrons. The van der Waals surface area contributed by atoms with E-state index >= 15 is 0 Å². The molecule has 5 rings (SSSR count). The van der Waals surface area contributed by atoms with Gasteiger partial charge in [0.15, 0.2) is 0 Å². The predicted octanol–water partition coefficient (Wildman–Crippen LogP) is 4.16. The van der Waals surface area contributed by atoms with E-state index in [1.807, 2.05) is 26.0 Å². The van der Waals surface area contributed by atoms with Gasteiger partial charge in [-0.2, -0.15) is 14.8 Å². The summed E-state index contributed by atoms with van der Waals surface area (Å²) in [5.74, 6) is 0.366. The Hall–Kier alpha value is -4.05. The van der Waals surface area contributed by atoms with E-state index in [-0.39, 0.29) is 24.3 Å². The first kappa shape index (κ1) is 23.7. The van der Waals surface area contributed by atoms with Crippen molar-refractivity contribution in [2.45, 2.75) is 32.6 Å². The molecule has 0 spiro atoms. The quantitative estimate of drug-likeness (QED) is 0.367. The highest BCUT2D eigenvalue weighted by Crippen LogP contribution is 2.26. The van der Waals surface area contributed by atoms with Gasteiger partial charge < -0.3 is 14.4 Å². The lowest BCUT2D eigenvalue weighted by Gasteiger charge is -2.40. The number of hydrogen-bond acceptors (Lipinski definition) is 6. The van der Waals surface area contributed by atoms with Gasteiger partial charge in [0, 0.05) is 24.7 Å². The van der Waals surface area contributed by atoms with Gasteiger partial charge in [0.1, 0.15) is 29.5 Å². The van der Waals surface area contributed by atoms with Crippen LogP contribution < -0.4 is 15.3 Å². The zero-order chi connectivity index (χ0) is 25.2. The van der Waals surface area contributed by atoms with Gasteiger partial charge in [0.05, 0.1) is 24.4 Å². The first-order valence-corrected chi connectivity index (χ1v) is 11.6. The highest BCUT2D eigenvalue weighted by atomic mass is 19.1. The maximum atomic E-state index is 14.0. The second-order valence-electron chi connectivity index (χ2n) is 8.80. The Kier molecular flexibility index (Phi) is 6.51. The van der Waals surface area contributed by atoms with Crippen LogP contribution >= 0.6 is 0 Å². The minimum atomic E-state index is -0.716. The van der Waals surface area contributed by atoms with Crippen LogP contribution in [0.4, 0.5) is 14.6 Å². The van der Waals surface area contributed by atoms with E-state index in [0.29, 0.717) is 17.3 Å². The third-order valence-corrected chi connectivity index (χ3v) is 5.77. The van der Waals surface area contributed by atoms with Crippen LogP contribution in [-0.4, -0.2) is 44.6 Å². The van der Waals surface area contributed by atoms with E-state index in [9.17, 15) is 13.6 Å². The van der Waals surface area contributed by atoms with Crippen molar-refractivity contribution < 1.29 is 18.3 Å². The molecule has 0 amide bonds. The number of nitrogens with zero attached hydrogens (tertiary/aromatic N) is 5. The van der Waals surface area contributed by atoms with Crippen molar-refractivity contribution in [1.82, 2.24) is 19.3 Å². The lowest BCUT2D eigenvalue weighted by atomic mass is 10.1. The average molecular weight is 494 g/mol. The topological polar surface area (TPSA) is 74.4 Å². The SMILES string of the molecule is CC(C)OC1CN(c2cccc(Oc3ccc(-n4ncn(Cc5c(F)cccc5F)c4=O)cc3)n2)C1. The third-order valence-electron chi connectivity index (χ3n) is 5.77. The summed E-state index contributed by atoms with van der Waals surface area (Å²) in [6.45, 7) is 5.36. The number of hydrogen-bond donors (Lipinski definition) is 0. The van der Waals surface area contributed by atoms with Crippen LogP contribution in [0.25, 0.3) is 5.69 Å². The van der Waals surface area contributed by atoms with Crippen molar-refractivity contribution in [3.63, 3.8) is 0 Å². The molecule has 3 heterocycles. The lowest BCUT2D eigenvalue weighted by molar-refractivity contribution is -0.00748. The van der Waals surface area contributed by atoms with Gasteiger partial charge in [-0.15, -0.1) is 0 Å². The van der Waals surface area contributed by atoms with Crippen molar-refractivity contribution in [2.24, 2.45) is 0 Å². The van der Waals surface area contributed by atoms with Gasteiger partial charge in [-0.05, 0) is 56.3 Å². The van der Waals surface area contributed by atoms with E-state index < -0.39 is 17.3 Å². The minimum absolute atomic E-state index is 0.196. The normalized spacial score (nSPS) is 13.8. The second kappa shape index (κ2) is 9.90. The predicted molar refractivity (Wildman–Crippen MR) is 130 cm³/mol. The molecule has 1 saturated heterocycles. The number of rotatable bonds is 8. The van der Waals surface area contributed by atoms with Crippen LogP contribution in [-0.2, 0) is 11.3 Å². The zero-order valence-corrected chi connectivity index (χ0v) is 19.8. The van der Waals surface area contributed by atoms with Crippen molar-refractivity contribution in [3.05, 3.63) is 94.7 Å². The van der Waals surface area contributed by atoms with Crippen LogP contribution in [0.5, 0.6) is 11.6 Å². The van der Waals surface area contributed by atoms with Crippen LogP contribution in [0.3, 0.4) is 0 Å². The molecule has 4 aromatic rings. The van der Waals surface area contributed by atoms with Crippen molar-refractivity contribution in [1.29, 1.82) is 0 Å². The Morgan fingerprint density at radius 1 is 1.00 bits per heavy atom. The molecule has 1 fully saturated rings. The molecule has 0 bridgehead atoms. The summed E-state index contributed by atoms with van der Waals surface area (Å²) in [6.07, 6.45) is 1.66. The number of benzene rings is 2. The van der Waals surface area contributed by atoms with Crippen LogP contribution in [0, 0.1) is 11.6 Å². The summed E-state index contributed by atoms with van der Waals surface area (Å²) in [5.41, 5.74) is -0.229. The number of aromatic nitrogens is 4. The summed E-state index contributed by atoms with van der Waals surface area (Å²) < 4.78 is 41.9. The molecule has 0 radical (unpaired) electrons. The molecule has 0 saturated carbocycles. The average Bonchev–Trinajstić information content (AvgIpc) is 3.19. The Morgan fingerprint density at radius 2 is 1.69 bits per heavy atom. The van der Waals surface area contributed by atoms with Gasteiger partial charge in [-0.25, -0.2) is 13.6 Å². The summed E-state index contributed by atoms with van der Waals surface area (Å²) in [7, 11) is 0. The van der Waals surface area contributed by atoms with Gasteiger partial charge in [-0.1, -0.05) is 12.1 Å². The van der Waals surface area contributed by atoms with Crippen molar-refractivity contribution in [3.8, 4) is 17.3 Å². The van der Waals surface area contributed by atoms with E-state index in [4.69, 9.17) is 9.47 Å². The molecule has 2 aromatic heterocycles. The van der Waals surface area contributed by atoms with E-state index in [2.05, 4.69) is 15.0 Å². The van der Waals surface area contributed by atoms with Gasteiger partial charge >= 0.3 is 5.69 Å². The lowest BCUT2D eigenvalue weighted by Crippen LogP contribution is -2.53. The first-order chi connectivity index (χ1) is 17.4. The summed E-state index contributed by atoms with van der Waals surface area (Å²) in [5, 5.41) is 4.08. The Labute approximate surface area is 206 Å². The summed E-state index contributed by atoms with van der Waals surface area (Å²) in [6, 6.07) is 15.9. The smallest absolute Gasteiger partial charge is 0.350 e. The fourth-order valence-electron chi connectivity index (χ4n) is 3.98. The number of anilines is 1. The number of ether oxygens (including phenoxy) is 2. The fourth-order valence-corrected chi connectivity index (χ4v) is 3.98. The molecule has 36 heavy (non-hydrogen) atoms. The largest absolute Gasteiger partial charge is 0.439 e. The number of pyridine rings is 1. The standard InChI is InChI=1S/C26H25F2N5O3/c1-17(2)35-20-13-31(14-20)24-7-4-8-25(30-24)36-19-11-9-18(10-12-19)33-26(34)32(16-29-33)15-21-22(27)5-3-6-23(21)28/h3-12,16-17,20H,13-15H2,1-2H3. The fraction of sp³-hybridized carbons (Fsp3) is 0.269. The molecule has 10 heteroatoms. The Bertz CT molecular complexity index is 1390. The molecule has 0 aliphatic carbocycles. The monoisotopic (exact) mass is 493 g/mol. The van der Waals surface area contributed by atoms with Crippen LogP contribution in [0.2, 0.25) is 0 Å². The van der Waals surface area contributed by atoms with E-state index in [1.54, 1.807) is 30.3 Å². The van der Waals surface area contributed by atoms with E-state index in [1.165, 1.54) is 12.4 Å². The molecule has 0 atom stereocenters. The van der Waals surface area contributed by atoms with Gasteiger partial charge in [0.2, 0.25) is 5.88 Å². The molecule has 0 unspecified atom stereocenters. The Morgan fingerprint density at radius 3 is 2.39 bits per heavy atom. The zero-order valence-electron chi connectivity index (χ0n) is 19.8. The third kappa shape index (κ3) is 4.99. The molecule has 1 aliphatic rings. The second-order valence-corrected chi connectivity index (χ2v) is 8.80.